The van der Waals surface area contributed by atoms with Crippen LogP contribution < -0.4 is 10.1 Å². The summed E-state index contributed by atoms with van der Waals surface area (Å²) in [6.45, 7) is 3.31. The Morgan fingerprint density at radius 3 is 2.68 bits per heavy atom. The van der Waals surface area contributed by atoms with Crippen molar-refractivity contribution in [3.63, 3.8) is 0 Å². The van der Waals surface area contributed by atoms with Crippen molar-refractivity contribution >= 4 is 23.4 Å². The largest absolute Gasteiger partial charge is 0.497 e. The van der Waals surface area contributed by atoms with Gasteiger partial charge < -0.3 is 14.8 Å². The van der Waals surface area contributed by atoms with Gasteiger partial charge in [-0.25, -0.2) is 0 Å². The smallest absolute Gasteiger partial charge is 0.237 e. The third-order valence-electron chi connectivity index (χ3n) is 5.17. The van der Waals surface area contributed by atoms with Gasteiger partial charge in [-0.3, -0.25) is 9.36 Å². The average molecular weight is 439 g/mol. The molecule has 0 bridgehead atoms. The van der Waals surface area contributed by atoms with Gasteiger partial charge in [0.1, 0.15) is 5.75 Å². The number of benzene rings is 2. The topological polar surface area (TPSA) is 78.3 Å². The van der Waals surface area contributed by atoms with Gasteiger partial charge in [-0.2, -0.15) is 0 Å². The fourth-order valence-electron chi connectivity index (χ4n) is 3.46. The molecule has 3 aromatic rings. The lowest BCUT2D eigenvalue weighted by Gasteiger charge is -2.16. The van der Waals surface area contributed by atoms with Crippen molar-refractivity contribution < 1.29 is 14.3 Å². The van der Waals surface area contributed by atoms with Crippen LogP contribution in [0, 0.1) is 0 Å². The molecule has 8 heteroatoms. The molecule has 31 heavy (non-hydrogen) atoms. The van der Waals surface area contributed by atoms with Crippen LogP contribution in [0.2, 0.25) is 0 Å². The van der Waals surface area contributed by atoms with Crippen LogP contribution in [0.5, 0.6) is 5.75 Å². The standard InChI is InChI=1S/C23H26N4O3S/c1-16(22(28)24-18-7-4-3-5-8-18)31-23-26-25-21(17-10-12-19(29-2)13-11-17)27(23)15-20-9-6-14-30-20/h3-5,7-8,10-13,16,20H,6,9,14-15H2,1-2H3,(H,24,28). The summed E-state index contributed by atoms with van der Waals surface area (Å²) in [5.41, 5.74) is 1.72. The Labute approximate surface area is 186 Å². The second-order valence-electron chi connectivity index (χ2n) is 7.40. The highest BCUT2D eigenvalue weighted by Crippen LogP contribution is 2.30. The number of anilines is 1. The summed E-state index contributed by atoms with van der Waals surface area (Å²) in [4.78, 5) is 12.7. The van der Waals surface area contributed by atoms with E-state index in [9.17, 15) is 4.79 Å². The molecule has 4 rings (SSSR count). The number of carbonyl (C=O) groups is 1. The number of amides is 1. The van der Waals surface area contributed by atoms with Crippen LogP contribution >= 0.6 is 11.8 Å². The third-order valence-corrected chi connectivity index (χ3v) is 6.25. The molecule has 0 saturated carbocycles. The molecule has 7 nitrogen and oxygen atoms in total. The van der Waals surface area contributed by atoms with Gasteiger partial charge in [0, 0.05) is 17.9 Å². The van der Waals surface area contributed by atoms with E-state index in [1.165, 1.54) is 11.8 Å². The number of aromatic nitrogens is 3. The Morgan fingerprint density at radius 2 is 2.00 bits per heavy atom. The van der Waals surface area contributed by atoms with E-state index in [4.69, 9.17) is 9.47 Å². The van der Waals surface area contributed by atoms with E-state index in [-0.39, 0.29) is 17.3 Å². The van der Waals surface area contributed by atoms with Crippen molar-refractivity contribution in [3.8, 4) is 17.1 Å². The number of methoxy groups -OCH3 is 1. The molecular weight excluding hydrogens is 412 g/mol. The first kappa shape index (κ1) is 21.4. The highest BCUT2D eigenvalue weighted by molar-refractivity contribution is 8.00. The lowest BCUT2D eigenvalue weighted by atomic mass is 10.2. The van der Waals surface area contributed by atoms with Gasteiger partial charge in [-0.15, -0.1) is 10.2 Å². The second kappa shape index (κ2) is 9.98. The molecule has 2 atom stereocenters. The van der Waals surface area contributed by atoms with E-state index in [1.807, 2.05) is 61.5 Å². The van der Waals surface area contributed by atoms with Gasteiger partial charge in [0.05, 0.1) is 25.0 Å². The normalized spacial score (nSPS) is 16.8. The quantitative estimate of drug-likeness (QED) is 0.530. The monoisotopic (exact) mass is 438 g/mol. The molecule has 1 aromatic heterocycles. The predicted octanol–water partition coefficient (Wildman–Crippen LogP) is 4.25. The van der Waals surface area contributed by atoms with E-state index in [0.717, 1.165) is 42.3 Å². The Morgan fingerprint density at radius 1 is 1.23 bits per heavy atom. The minimum atomic E-state index is -0.337. The van der Waals surface area contributed by atoms with Gasteiger partial charge in [-0.1, -0.05) is 30.0 Å². The van der Waals surface area contributed by atoms with Gasteiger partial charge in [0.2, 0.25) is 5.91 Å². The molecule has 1 amide bonds. The van der Waals surface area contributed by atoms with Crippen molar-refractivity contribution in [1.29, 1.82) is 0 Å². The summed E-state index contributed by atoms with van der Waals surface area (Å²) < 4.78 is 13.2. The zero-order valence-corrected chi connectivity index (χ0v) is 18.5. The van der Waals surface area contributed by atoms with Crippen LogP contribution in [-0.4, -0.2) is 45.7 Å². The van der Waals surface area contributed by atoms with Gasteiger partial charge >= 0.3 is 0 Å². The first-order valence-corrected chi connectivity index (χ1v) is 11.2. The van der Waals surface area contributed by atoms with Crippen molar-refractivity contribution in [2.75, 3.05) is 19.0 Å². The van der Waals surface area contributed by atoms with E-state index in [1.54, 1.807) is 7.11 Å². The molecular formula is C23H26N4O3S. The Balaban J connectivity index is 1.55. The van der Waals surface area contributed by atoms with Crippen molar-refractivity contribution in [2.24, 2.45) is 0 Å². The summed E-state index contributed by atoms with van der Waals surface area (Å²) in [6, 6.07) is 17.2. The number of carbonyl (C=O) groups excluding carboxylic acids is 1. The molecule has 2 aromatic carbocycles. The third kappa shape index (κ3) is 5.26. The van der Waals surface area contributed by atoms with Crippen molar-refractivity contribution in [3.05, 3.63) is 54.6 Å². The number of para-hydroxylation sites is 1. The highest BCUT2D eigenvalue weighted by atomic mass is 32.2. The molecule has 1 aliphatic rings. The molecule has 1 aliphatic heterocycles. The average Bonchev–Trinajstić information content (AvgIpc) is 3.45. The van der Waals surface area contributed by atoms with Crippen LogP contribution in [0.4, 0.5) is 5.69 Å². The summed E-state index contributed by atoms with van der Waals surface area (Å²) in [6.07, 6.45) is 2.19. The van der Waals surface area contributed by atoms with Gasteiger partial charge in [0.15, 0.2) is 11.0 Å². The molecule has 0 aliphatic carbocycles. The number of thioether (sulfide) groups is 1. The van der Waals surface area contributed by atoms with E-state index < -0.39 is 0 Å². The number of hydrogen-bond donors (Lipinski definition) is 1. The summed E-state index contributed by atoms with van der Waals surface area (Å²) in [7, 11) is 1.64. The molecule has 1 N–H and O–H groups in total. The molecule has 0 radical (unpaired) electrons. The lowest BCUT2D eigenvalue weighted by molar-refractivity contribution is -0.115. The Bertz CT molecular complexity index is 1000. The number of ether oxygens (including phenoxy) is 2. The van der Waals surface area contributed by atoms with E-state index >= 15 is 0 Å². The lowest BCUT2D eigenvalue weighted by Crippen LogP contribution is -2.23. The van der Waals surface area contributed by atoms with Crippen LogP contribution in [0.1, 0.15) is 19.8 Å². The second-order valence-corrected chi connectivity index (χ2v) is 8.70. The fourth-order valence-corrected chi connectivity index (χ4v) is 4.32. The first-order valence-electron chi connectivity index (χ1n) is 10.4. The summed E-state index contributed by atoms with van der Waals surface area (Å²) >= 11 is 1.40. The molecule has 2 heterocycles. The molecule has 1 saturated heterocycles. The predicted molar refractivity (Wildman–Crippen MR) is 121 cm³/mol. The van der Waals surface area contributed by atoms with E-state index in [2.05, 4.69) is 20.1 Å². The molecule has 162 valence electrons. The number of rotatable bonds is 8. The minimum absolute atomic E-state index is 0.0751. The summed E-state index contributed by atoms with van der Waals surface area (Å²) in [5, 5.41) is 12.2. The van der Waals surface area contributed by atoms with Crippen LogP contribution in [0.3, 0.4) is 0 Å². The first-order chi connectivity index (χ1) is 15.1. The summed E-state index contributed by atoms with van der Waals surface area (Å²) in [5.74, 6) is 1.47. The SMILES string of the molecule is COc1ccc(-c2nnc(SC(C)C(=O)Nc3ccccc3)n2CC2CCCO2)cc1. The number of nitrogens with zero attached hydrogens (tertiary/aromatic N) is 3. The number of nitrogens with one attached hydrogen (secondary N) is 1. The Kier molecular flexibility index (Phi) is 6.89. The van der Waals surface area contributed by atoms with E-state index in [0.29, 0.717) is 11.7 Å². The van der Waals surface area contributed by atoms with Gasteiger partial charge in [-0.05, 0) is 56.2 Å². The van der Waals surface area contributed by atoms with Crippen molar-refractivity contribution in [1.82, 2.24) is 14.8 Å². The van der Waals surface area contributed by atoms with Crippen molar-refractivity contribution in [2.45, 2.75) is 42.8 Å². The van der Waals surface area contributed by atoms with Crippen LogP contribution in [0.25, 0.3) is 11.4 Å². The fraction of sp³-hybridized carbons (Fsp3) is 0.348. The molecule has 2 unspecified atom stereocenters. The zero-order chi connectivity index (χ0) is 21.6. The molecule has 1 fully saturated rings. The Hall–Kier alpha value is -2.84. The minimum Gasteiger partial charge on any atom is -0.497 e. The highest BCUT2D eigenvalue weighted by Gasteiger charge is 2.24. The maximum atomic E-state index is 12.7. The maximum absolute atomic E-state index is 12.7. The van der Waals surface area contributed by atoms with Crippen LogP contribution in [-0.2, 0) is 16.1 Å². The van der Waals surface area contributed by atoms with Crippen LogP contribution in [0.15, 0.2) is 59.8 Å². The maximum Gasteiger partial charge on any atom is 0.237 e. The van der Waals surface area contributed by atoms with Gasteiger partial charge in [0.25, 0.3) is 0 Å². The number of hydrogen-bond acceptors (Lipinski definition) is 6. The zero-order valence-electron chi connectivity index (χ0n) is 17.7. The molecule has 0 spiro atoms.